The van der Waals surface area contributed by atoms with Crippen molar-refractivity contribution in [1.82, 2.24) is 5.10 Å². The van der Waals surface area contributed by atoms with E-state index >= 15 is 0 Å². The average molecular weight is 470 g/mol. The number of sulfonamides is 1. The van der Waals surface area contributed by atoms with E-state index in [1.807, 2.05) is 24.3 Å². The Bertz CT molecular complexity index is 1010. The largest absolute Gasteiger partial charge is 1.00 e. The molecule has 0 fully saturated rings. The van der Waals surface area contributed by atoms with Crippen molar-refractivity contribution in [1.29, 1.82) is 0 Å². The molecule has 1 amide bonds. The maximum Gasteiger partial charge on any atom is 0.292 e. The van der Waals surface area contributed by atoms with E-state index in [0.717, 1.165) is 10.8 Å². The molecule has 0 atom stereocenters. The number of halogens is 1. The Morgan fingerprint density at radius 2 is 1.72 bits per heavy atom. The molecule has 1 heterocycles. The van der Waals surface area contributed by atoms with Crippen LogP contribution in [0.1, 0.15) is 0 Å². The van der Waals surface area contributed by atoms with Gasteiger partial charge >= 0.3 is 0 Å². The van der Waals surface area contributed by atoms with Crippen LogP contribution < -0.4 is 39.1 Å². The second kappa shape index (κ2) is 7.85. The monoisotopic (exact) mass is 470 g/mol. The summed E-state index contributed by atoms with van der Waals surface area (Å²) in [4.78, 5) is 12.1. The number of hydrogen-bond acceptors (Lipinski definition) is 4. The van der Waals surface area contributed by atoms with Crippen molar-refractivity contribution in [3.05, 3.63) is 60.9 Å². The highest BCUT2D eigenvalue weighted by atomic mass is 127. The Labute approximate surface area is 161 Å². The third-order valence-electron chi connectivity index (χ3n) is 3.40. The maximum atomic E-state index is 12.1. The molecule has 2 aromatic carbocycles. The zero-order valence-corrected chi connectivity index (χ0v) is 15.9. The van der Waals surface area contributed by atoms with Crippen LogP contribution in [-0.2, 0) is 21.4 Å². The van der Waals surface area contributed by atoms with Crippen molar-refractivity contribution in [2.24, 2.45) is 5.14 Å². The third kappa shape index (κ3) is 4.94. The molecule has 0 spiro atoms. The normalized spacial score (nSPS) is 10.9. The minimum Gasteiger partial charge on any atom is -1.00 e. The number of rotatable bonds is 4. The van der Waals surface area contributed by atoms with Crippen molar-refractivity contribution >= 4 is 32.4 Å². The summed E-state index contributed by atoms with van der Waals surface area (Å²) in [5.74, 6) is -0.272. The van der Waals surface area contributed by atoms with Gasteiger partial charge < -0.3 is 29.3 Å². The standard InChI is InChI=1S/C16H14N4O3S.HI/c17-24(22,23)15-7-5-14(6-8-15)19-16(21)11-20-10-13-4-2-1-3-12(13)9-18-20;/h1-10H,11H2,(H2-,17,19,21,22,23);1H. The molecule has 0 aliphatic carbocycles. The fourth-order valence-corrected chi connectivity index (χ4v) is 2.75. The zero-order chi connectivity index (χ0) is 17.2. The molecule has 25 heavy (non-hydrogen) atoms. The molecule has 7 nitrogen and oxygen atoms in total. The number of carbonyl (C=O) groups is 1. The van der Waals surface area contributed by atoms with Gasteiger partial charge in [0.1, 0.15) is 6.20 Å². The molecule has 0 radical (unpaired) electrons. The quantitative estimate of drug-likeness (QED) is 0.334. The first-order valence-electron chi connectivity index (χ1n) is 7.09. The summed E-state index contributed by atoms with van der Waals surface area (Å²) < 4.78 is 23.9. The molecule has 130 valence electrons. The number of nitrogens with one attached hydrogen (secondary N) is 1. The SMILES string of the molecule is NS(=O)(=O)c1ccc(NC(=O)C[n+]2cc3ccccc3cn2)cc1.[I-]. The van der Waals surface area contributed by atoms with E-state index < -0.39 is 10.0 Å². The molecule has 3 N–H and O–H groups in total. The van der Waals surface area contributed by atoms with Crippen LogP contribution in [0.3, 0.4) is 0 Å². The minimum atomic E-state index is -3.74. The Balaban J connectivity index is 0.00000225. The Kier molecular flexibility index (Phi) is 6.03. The highest BCUT2D eigenvalue weighted by molar-refractivity contribution is 7.89. The van der Waals surface area contributed by atoms with E-state index in [1.54, 1.807) is 12.4 Å². The summed E-state index contributed by atoms with van der Waals surface area (Å²) in [5, 5.41) is 13.9. The fourth-order valence-electron chi connectivity index (χ4n) is 2.24. The number of anilines is 1. The van der Waals surface area contributed by atoms with Gasteiger partial charge in [-0.2, -0.15) is 0 Å². The summed E-state index contributed by atoms with van der Waals surface area (Å²) in [6.45, 7) is 0.0434. The summed E-state index contributed by atoms with van der Waals surface area (Å²) in [6.07, 6.45) is 3.49. The van der Waals surface area contributed by atoms with Crippen LogP contribution in [-0.4, -0.2) is 19.4 Å². The number of primary sulfonamides is 1. The number of aromatic nitrogens is 2. The van der Waals surface area contributed by atoms with Gasteiger partial charge in [-0.05, 0) is 35.4 Å². The van der Waals surface area contributed by atoms with Crippen molar-refractivity contribution in [2.45, 2.75) is 11.4 Å². The molecule has 0 aliphatic heterocycles. The lowest BCUT2D eigenvalue weighted by Gasteiger charge is -2.04. The van der Waals surface area contributed by atoms with E-state index in [-0.39, 0.29) is 41.3 Å². The second-order valence-electron chi connectivity index (χ2n) is 5.22. The average Bonchev–Trinajstić information content (AvgIpc) is 2.54. The summed E-state index contributed by atoms with van der Waals surface area (Å²) in [5.41, 5.74) is 0.480. The number of fused-ring (bicyclic) bond motifs is 1. The van der Waals surface area contributed by atoms with Crippen LogP contribution in [0.25, 0.3) is 10.8 Å². The van der Waals surface area contributed by atoms with Crippen LogP contribution >= 0.6 is 0 Å². The van der Waals surface area contributed by atoms with E-state index in [2.05, 4.69) is 10.4 Å². The molecule has 0 aliphatic rings. The number of hydrogen-bond donors (Lipinski definition) is 2. The highest BCUT2D eigenvalue weighted by Gasteiger charge is 2.13. The lowest BCUT2D eigenvalue weighted by atomic mass is 10.2. The van der Waals surface area contributed by atoms with Crippen molar-refractivity contribution in [3.63, 3.8) is 0 Å². The Hall–Kier alpha value is -2.11. The van der Waals surface area contributed by atoms with E-state index in [0.29, 0.717) is 5.69 Å². The van der Waals surface area contributed by atoms with Gasteiger partial charge in [0.05, 0.1) is 4.90 Å². The van der Waals surface area contributed by atoms with Gasteiger partial charge in [0.15, 0.2) is 0 Å². The first-order valence-corrected chi connectivity index (χ1v) is 8.64. The van der Waals surface area contributed by atoms with Gasteiger partial charge in [0.2, 0.25) is 16.2 Å². The lowest BCUT2D eigenvalue weighted by molar-refractivity contribution is -0.740. The fraction of sp³-hybridized carbons (Fsp3) is 0.0625. The van der Waals surface area contributed by atoms with Crippen molar-refractivity contribution in [3.8, 4) is 0 Å². The lowest BCUT2D eigenvalue weighted by Crippen LogP contribution is -3.00. The summed E-state index contributed by atoms with van der Waals surface area (Å²) >= 11 is 0. The predicted octanol–water partition coefficient (Wildman–Crippen LogP) is -2.19. The number of benzene rings is 2. The molecule has 0 bridgehead atoms. The molecule has 0 saturated heterocycles. The molecular weight excluding hydrogens is 455 g/mol. The molecule has 3 rings (SSSR count). The van der Waals surface area contributed by atoms with Crippen LogP contribution in [0.4, 0.5) is 5.69 Å². The highest BCUT2D eigenvalue weighted by Crippen LogP contribution is 2.12. The number of carbonyl (C=O) groups excluding carboxylic acids is 1. The zero-order valence-electron chi connectivity index (χ0n) is 13.0. The van der Waals surface area contributed by atoms with Gasteiger partial charge in [-0.3, -0.25) is 4.79 Å². The van der Waals surface area contributed by atoms with Gasteiger partial charge in [0.25, 0.3) is 12.5 Å². The topological polar surface area (TPSA) is 106 Å². The number of amides is 1. The molecule has 1 aromatic heterocycles. The number of nitrogens with zero attached hydrogens (tertiary/aromatic N) is 2. The Morgan fingerprint density at radius 1 is 1.08 bits per heavy atom. The maximum absolute atomic E-state index is 12.1. The molecule has 9 heteroatoms. The third-order valence-corrected chi connectivity index (χ3v) is 4.33. The number of nitrogens with two attached hydrogens (primary N) is 1. The van der Waals surface area contributed by atoms with Gasteiger partial charge in [-0.1, -0.05) is 22.9 Å². The van der Waals surface area contributed by atoms with Gasteiger partial charge in [-0.25, -0.2) is 13.6 Å². The second-order valence-corrected chi connectivity index (χ2v) is 6.78. The minimum absolute atomic E-state index is 0. The molecule has 0 unspecified atom stereocenters. The van der Waals surface area contributed by atoms with E-state index in [4.69, 9.17) is 5.14 Å². The molecule has 0 saturated carbocycles. The first kappa shape index (κ1) is 19.2. The van der Waals surface area contributed by atoms with Crippen LogP contribution in [0, 0.1) is 0 Å². The van der Waals surface area contributed by atoms with Crippen molar-refractivity contribution in [2.75, 3.05) is 5.32 Å². The van der Waals surface area contributed by atoms with E-state index in [1.165, 1.54) is 28.9 Å². The van der Waals surface area contributed by atoms with Crippen molar-refractivity contribution < 1.29 is 41.9 Å². The van der Waals surface area contributed by atoms with Gasteiger partial charge in [-0.15, -0.1) is 0 Å². The smallest absolute Gasteiger partial charge is 0.292 e. The van der Waals surface area contributed by atoms with Gasteiger partial charge in [0, 0.05) is 16.5 Å². The Morgan fingerprint density at radius 3 is 2.36 bits per heavy atom. The van der Waals surface area contributed by atoms with Crippen LogP contribution in [0.5, 0.6) is 0 Å². The predicted molar refractivity (Wildman–Crippen MR) is 88.4 cm³/mol. The van der Waals surface area contributed by atoms with E-state index in [9.17, 15) is 13.2 Å². The molecule has 3 aromatic rings. The van der Waals surface area contributed by atoms with Crippen LogP contribution in [0.15, 0.2) is 65.8 Å². The summed E-state index contributed by atoms with van der Waals surface area (Å²) in [7, 11) is -3.74. The van der Waals surface area contributed by atoms with Crippen LogP contribution in [0.2, 0.25) is 0 Å². The molecular formula is C16H15IN4O3S. The first-order chi connectivity index (χ1) is 11.4. The summed E-state index contributed by atoms with van der Waals surface area (Å²) in [6, 6.07) is 13.4.